The number of benzene rings is 3. The number of ether oxygens (including phenoxy) is 1. The monoisotopic (exact) mass is 450 g/mol. The number of hydrogen-bond acceptors (Lipinski definition) is 4. The lowest BCUT2D eigenvalue weighted by Gasteiger charge is -2.11. The molecule has 0 aliphatic carbocycles. The Balaban J connectivity index is 1.85. The van der Waals surface area contributed by atoms with Crippen LogP contribution < -0.4 is 10.2 Å². The molecule has 0 unspecified atom stereocenters. The van der Waals surface area contributed by atoms with Gasteiger partial charge in [0.2, 0.25) is 11.2 Å². The molecule has 0 amide bonds. The van der Waals surface area contributed by atoms with Crippen LogP contribution in [0.15, 0.2) is 86.5 Å². The van der Waals surface area contributed by atoms with Crippen molar-refractivity contribution in [2.75, 3.05) is 6.61 Å². The fourth-order valence-electron chi connectivity index (χ4n) is 3.05. The number of aliphatic carboxylic acids is 1. The van der Waals surface area contributed by atoms with E-state index in [1.54, 1.807) is 18.2 Å². The number of halogens is 1. The minimum atomic E-state index is -1.18. The summed E-state index contributed by atoms with van der Waals surface area (Å²) in [7, 11) is 0. The predicted molar refractivity (Wildman–Crippen MR) is 114 cm³/mol. The molecule has 3 aromatic carbocycles. The Bertz CT molecular complexity index is 1240. The van der Waals surface area contributed by atoms with Crippen molar-refractivity contribution in [1.82, 2.24) is 0 Å². The summed E-state index contributed by atoms with van der Waals surface area (Å²) in [6, 6.07) is 22.4. The van der Waals surface area contributed by atoms with E-state index in [2.05, 4.69) is 15.9 Å². The SMILES string of the molecule is O=C(O)COc1c(-c2ccc(-c3ccccc3)cc2)oc2ccc(Br)cc2c1=O. The van der Waals surface area contributed by atoms with Crippen LogP contribution in [0.25, 0.3) is 33.4 Å². The topological polar surface area (TPSA) is 76.7 Å². The number of fused-ring (bicyclic) bond motifs is 1. The van der Waals surface area contributed by atoms with Crippen molar-refractivity contribution in [1.29, 1.82) is 0 Å². The maximum absolute atomic E-state index is 13.0. The van der Waals surface area contributed by atoms with Crippen molar-refractivity contribution in [3.63, 3.8) is 0 Å². The summed E-state index contributed by atoms with van der Waals surface area (Å²) in [6.07, 6.45) is 0. The van der Waals surface area contributed by atoms with Gasteiger partial charge in [-0.1, -0.05) is 70.5 Å². The minimum absolute atomic E-state index is 0.120. The van der Waals surface area contributed by atoms with Gasteiger partial charge in [-0.15, -0.1) is 0 Å². The van der Waals surface area contributed by atoms with Crippen LogP contribution in [-0.2, 0) is 4.79 Å². The predicted octanol–water partition coefficient (Wildman–Crippen LogP) is 5.35. The maximum atomic E-state index is 13.0. The highest BCUT2D eigenvalue weighted by molar-refractivity contribution is 9.10. The molecule has 4 aromatic rings. The van der Waals surface area contributed by atoms with Crippen molar-refractivity contribution in [2.24, 2.45) is 0 Å². The fourth-order valence-corrected chi connectivity index (χ4v) is 3.41. The lowest BCUT2D eigenvalue weighted by atomic mass is 10.0. The van der Waals surface area contributed by atoms with Crippen LogP contribution in [0.3, 0.4) is 0 Å². The first-order chi connectivity index (χ1) is 14.0. The third kappa shape index (κ3) is 3.93. The zero-order valence-corrected chi connectivity index (χ0v) is 16.7. The number of carboxylic acids is 1. The van der Waals surface area contributed by atoms with Crippen LogP contribution >= 0.6 is 15.9 Å². The molecule has 0 aliphatic rings. The van der Waals surface area contributed by atoms with E-state index in [9.17, 15) is 9.59 Å². The Morgan fingerprint density at radius 1 is 0.931 bits per heavy atom. The number of carbonyl (C=O) groups is 1. The zero-order valence-electron chi connectivity index (χ0n) is 15.1. The lowest BCUT2D eigenvalue weighted by Crippen LogP contribution is -2.16. The summed E-state index contributed by atoms with van der Waals surface area (Å²) in [5, 5.41) is 9.29. The Morgan fingerprint density at radius 2 is 1.59 bits per heavy atom. The molecule has 1 heterocycles. The molecule has 0 atom stereocenters. The summed E-state index contributed by atoms with van der Waals surface area (Å²) in [5.74, 6) is -1.10. The van der Waals surface area contributed by atoms with E-state index in [1.807, 2.05) is 54.6 Å². The number of hydrogen-bond donors (Lipinski definition) is 1. The Hall–Kier alpha value is -3.38. The molecule has 0 spiro atoms. The standard InChI is InChI=1S/C23H15BrO5/c24-17-10-11-19-18(12-17)21(27)23(28-13-20(25)26)22(29-19)16-8-6-15(7-9-16)14-4-2-1-3-5-14/h1-12H,13H2,(H,25,26). The van der Waals surface area contributed by atoms with Crippen LogP contribution in [0.2, 0.25) is 0 Å². The van der Waals surface area contributed by atoms with Gasteiger partial charge in [0.1, 0.15) is 5.58 Å². The summed E-state index contributed by atoms with van der Waals surface area (Å²) < 4.78 is 12.0. The van der Waals surface area contributed by atoms with Gasteiger partial charge in [0.25, 0.3) is 0 Å². The minimum Gasteiger partial charge on any atom is -0.479 e. The maximum Gasteiger partial charge on any atom is 0.341 e. The Kier molecular flexibility index (Phi) is 5.18. The average molecular weight is 451 g/mol. The summed E-state index contributed by atoms with van der Waals surface area (Å²) in [5.41, 5.74) is 2.66. The molecule has 0 aliphatic heterocycles. The Labute approximate surface area is 174 Å². The van der Waals surface area contributed by atoms with Gasteiger partial charge in [-0.2, -0.15) is 0 Å². The van der Waals surface area contributed by atoms with Gasteiger partial charge in [0, 0.05) is 10.0 Å². The molecule has 144 valence electrons. The van der Waals surface area contributed by atoms with E-state index in [0.717, 1.165) is 11.1 Å². The van der Waals surface area contributed by atoms with Gasteiger partial charge in [-0.3, -0.25) is 4.79 Å². The highest BCUT2D eigenvalue weighted by atomic mass is 79.9. The summed E-state index contributed by atoms with van der Waals surface area (Å²) >= 11 is 3.33. The smallest absolute Gasteiger partial charge is 0.341 e. The third-order valence-electron chi connectivity index (χ3n) is 4.40. The molecule has 0 saturated heterocycles. The van der Waals surface area contributed by atoms with Crippen molar-refractivity contribution >= 4 is 32.9 Å². The molecular weight excluding hydrogens is 436 g/mol. The lowest BCUT2D eigenvalue weighted by molar-refractivity contribution is -0.139. The van der Waals surface area contributed by atoms with Gasteiger partial charge in [0.05, 0.1) is 5.39 Å². The van der Waals surface area contributed by atoms with E-state index in [4.69, 9.17) is 14.3 Å². The molecule has 1 N–H and O–H groups in total. The Morgan fingerprint density at radius 3 is 2.28 bits per heavy atom. The van der Waals surface area contributed by atoms with E-state index in [0.29, 0.717) is 21.0 Å². The highest BCUT2D eigenvalue weighted by Crippen LogP contribution is 2.33. The van der Waals surface area contributed by atoms with Crippen molar-refractivity contribution in [3.05, 3.63) is 87.5 Å². The van der Waals surface area contributed by atoms with Crippen LogP contribution in [0, 0.1) is 0 Å². The fraction of sp³-hybridized carbons (Fsp3) is 0.0435. The average Bonchev–Trinajstić information content (AvgIpc) is 2.74. The van der Waals surface area contributed by atoms with Crippen LogP contribution in [0.4, 0.5) is 0 Å². The number of carboxylic acid groups (broad SMARTS) is 1. The van der Waals surface area contributed by atoms with Crippen LogP contribution in [-0.4, -0.2) is 17.7 Å². The van der Waals surface area contributed by atoms with Crippen molar-refractivity contribution in [3.8, 4) is 28.2 Å². The van der Waals surface area contributed by atoms with Crippen molar-refractivity contribution < 1.29 is 19.1 Å². The molecule has 0 bridgehead atoms. The molecule has 29 heavy (non-hydrogen) atoms. The van der Waals surface area contributed by atoms with Gasteiger partial charge in [-0.05, 0) is 29.3 Å². The van der Waals surface area contributed by atoms with Crippen LogP contribution in [0.1, 0.15) is 0 Å². The third-order valence-corrected chi connectivity index (χ3v) is 4.90. The molecule has 0 fully saturated rings. The molecule has 4 rings (SSSR count). The first-order valence-corrected chi connectivity index (χ1v) is 9.59. The molecule has 5 nitrogen and oxygen atoms in total. The number of rotatable bonds is 5. The zero-order chi connectivity index (χ0) is 20.4. The van der Waals surface area contributed by atoms with E-state index >= 15 is 0 Å². The normalized spacial score (nSPS) is 10.8. The van der Waals surface area contributed by atoms with Gasteiger partial charge < -0.3 is 14.3 Å². The summed E-state index contributed by atoms with van der Waals surface area (Å²) in [4.78, 5) is 24.0. The molecule has 0 radical (unpaired) electrons. The quantitative estimate of drug-likeness (QED) is 0.443. The largest absolute Gasteiger partial charge is 0.479 e. The van der Waals surface area contributed by atoms with Gasteiger partial charge in [0.15, 0.2) is 12.4 Å². The van der Waals surface area contributed by atoms with E-state index in [1.165, 1.54) is 0 Å². The van der Waals surface area contributed by atoms with Crippen LogP contribution in [0.5, 0.6) is 5.75 Å². The van der Waals surface area contributed by atoms with E-state index in [-0.39, 0.29) is 11.5 Å². The van der Waals surface area contributed by atoms with Gasteiger partial charge >= 0.3 is 5.97 Å². The second kappa shape index (κ2) is 7.93. The highest BCUT2D eigenvalue weighted by Gasteiger charge is 2.19. The first-order valence-electron chi connectivity index (χ1n) is 8.80. The first kappa shape index (κ1) is 19.0. The second-order valence-corrected chi connectivity index (χ2v) is 7.27. The summed E-state index contributed by atoms with van der Waals surface area (Å²) in [6.45, 7) is -0.640. The van der Waals surface area contributed by atoms with Crippen molar-refractivity contribution in [2.45, 2.75) is 0 Å². The van der Waals surface area contributed by atoms with Gasteiger partial charge in [-0.25, -0.2) is 4.79 Å². The second-order valence-electron chi connectivity index (χ2n) is 6.36. The molecule has 0 saturated carbocycles. The molecule has 1 aromatic heterocycles. The molecular formula is C23H15BrO5. The van der Waals surface area contributed by atoms with E-state index < -0.39 is 18.0 Å². The molecule has 6 heteroatoms.